The topological polar surface area (TPSA) is 80.3 Å². The van der Waals surface area contributed by atoms with Crippen LogP contribution in [0.1, 0.15) is 35.3 Å². The summed E-state index contributed by atoms with van der Waals surface area (Å²) in [6.07, 6.45) is 3.18. The predicted molar refractivity (Wildman–Crippen MR) is 103 cm³/mol. The maximum atomic E-state index is 13.1. The lowest BCUT2D eigenvalue weighted by Gasteiger charge is -2.26. The average molecular weight is 385 g/mol. The number of nitrogens with zero attached hydrogens (tertiary/aromatic N) is 1. The van der Waals surface area contributed by atoms with Crippen molar-refractivity contribution in [2.45, 2.75) is 32.2 Å². The Hall–Kier alpha value is -2.80. The van der Waals surface area contributed by atoms with Gasteiger partial charge in [-0.05, 0) is 56.4 Å². The summed E-state index contributed by atoms with van der Waals surface area (Å²) in [5.41, 5.74) is 1.83. The van der Waals surface area contributed by atoms with Crippen molar-refractivity contribution in [3.63, 3.8) is 0 Å². The Balaban J connectivity index is 1.71. The molecule has 1 aliphatic heterocycles. The van der Waals surface area contributed by atoms with Gasteiger partial charge in [0.15, 0.2) is 0 Å². The molecule has 7 heteroatoms. The Morgan fingerprint density at radius 1 is 1.18 bits per heavy atom. The zero-order valence-corrected chi connectivity index (χ0v) is 15.8. The molecule has 2 amide bonds. The van der Waals surface area contributed by atoms with Gasteiger partial charge in [0.1, 0.15) is 17.6 Å². The van der Waals surface area contributed by atoms with E-state index in [0.29, 0.717) is 25.3 Å². The van der Waals surface area contributed by atoms with Crippen LogP contribution in [0.5, 0.6) is 0 Å². The first-order chi connectivity index (χ1) is 13.5. The second-order valence-corrected chi connectivity index (χ2v) is 7.03. The summed E-state index contributed by atoms with van der Waals surface area (Å²) in [5, 5.41) is 5.61. The lowest BCUT2D eigenvalue weighted by molar-refractivity contribution is -0.118. The molecule has 0 spiro atoms. The molecule has 2 heterocycles. The molecule has 2 N–H and O–H groups in total. The number of amides is 2. The molecular weight excluding hydrogens is 361 g/mol. The molecule has 1 aliphatic rings. The number of anilines is 1. The Bertz CT molecular complexity index is 803. The number of carbonyl (C=O) groups is 2. The van der Waals surface area contributed by atoms with Crippen molar-refractivity contribution in [3.8, 4) is 0 Å². The second-order valence-electron chi connectivity index (χ2n) is 7.03. The highest BCUT2D eigenvalue weighted by atomic mass is 19.1. The number of aryl methyl sites for hydroxylation is 1. The normalized spacial score (nSPS) is 15.6. The third-order valence-electron chi connectivity index (χ3n) is 4.81. The molecule has 0 aliphatic carbocycles. The van der Waals surface area contributed by atoms with Crippen molar-refractivity contribution in [2.24, 2.45) is 5.92 Å². The van der Waals surface area contributed by atoms with Crippen LogP contribution >= 0.6 is 0 Å². The maximum Gasteiger partial charge on any atom is 0.270 e. The molecule has 0 bridgehead atoms. The van der Waals surface area contributed by atoms with Crippen molar-refractivity contribution in [1.82, 2.24) is 10.3 Å². The molecule has 1 fully saturated rings. The van der Waals surface area contributed by atoms with E-state index in [1.807, 2.05) is 31.2 Å². The number of benzene rings is 1. The van der Waals surface area contributed by atoms with E-state index in [4.69, 9.17) is 4.74 Å². The monoisotopic (exact) mass is 385 g/mol. The highest BCUT2D eigenvalue weighted by Crippen LogP contribution is 2.21. The molecule has 0 saturated carbocycles. The summed E-state index contributed by atoms with van der Waals surface area (Å²) in [5.74, 6) is -1.03. The molecule has 1 saturated heterocycles. The largest absolute Gasteiger partial charge is 0.381 e. The molecule has 28 heavy (non-hydrogen) atoms. The van der Waals surface area contributed by atoms with Crippen LogP contribution in [0, 0.1) is 18.7 Å². The number of pyridine rings is 1. The van der Waals surface area contributed by atoms with Gasteiger partial charge in [-0.1, -0.05) is 17.7 Å². The van der Waals surface area contributed by atoms with Gasteiger partial charge < -0.3 is 15.4 Å². The van der Waals surface area contributed by atoms with E-state index in [2.05, 4.69) is 15.6 Å². The minimum atomic E-state index is -0.719. The van der Waals surface area contributed by atoms with Gasteiger partial charge in [-0.2, -0.15) is 0 Å². The standard InChI is InChI=1S/C21H24FN3O3/c1-14-2-5-17(6-3-14)24-21(27)19(12-15-8-10-28-11-9-15)25-20(26)18-7-4-16(22)13-23-18/h2-7,13,15,19H,8-12H2,1H3,(H,24,27)(H,25,26)/t19-/m0/s1. The van der Waals surface area contributed by atoms with Crippen LogP contribution in [0.15, 0.2) is 42.6 Å². The predicted octanol–water partition coefficient (Wildman–Crippen LogP) is 3.08. The summed E-state index contributed by atoms with van der Waals surface area (Å²) in [7, 11) is 0. The van der Waals surface area contributed by atoms with Crippen LogP contribution < -0.4 is 10.6 Å². The lowest BCUT2D eigenvalue weighted by Crippen LogP contribution is -2.45. The van der Waals surface area contributed by atoms with Gasteiger partial charge in [0.2, 0.25) is 5.91 Å². The summed E-state index contributed by atoms with van der Waals surface area (Å²) >= 11 is 0. The van der Waals surface area contributed by atoms with E-state index in [1.54, 1.807) is 0 Å². The summed E-state index contributed by atoms with van der Waals surface area (Å²) in [6, 6.07) is 9.21. The molecule has 6 nitrogen and oxygen atoms in total. The van der Waals surface area contributed by atoms with Gasteiger partial charge in [0, 0.05) is 18.9 Å². The first-order valence-corrected chi connectivity index (χ1v) is 9.39. The zero-order valence-electron chi connectivity index (χ0n) is 15.8. The number of carbonyl (C=O) groups excluding carboxylic acids is 2. The molecule has 1 atom stereocenters. The lowest BCUT2D eigenvalue weighted by atomic mass is 9.92. The van der Waals surface area contributed by atoms with E-state index in [1.165, 1.54) is 12.1 Å². The summed E-state index contributed by atoms with van der Waals surface area (Å²) in [4.78, 5) is 29.2. The smallest absolute Gasteiger partial charge is 0.270 e. The van der Waals surface area contributed by atoms with Gasteiger partial charge in [-0.25, -0.2) is 9.37 Å². The highest BCUT2D eigenvalue weighted by Gasteiger charge is 2.27. The second kappa shape index (κ2) is 9.41. The molecular formula is C21H24FN3O3. The number of aromatic nitrogens is 1. The number of ether oxygens (including phenoxy) is 1. The number of hydrogen-bond acceptors (Lipinski definition) is 4. The Morgan fingerprint density at radius 2 is 1.89 bits per heavy atom. The van der Waals surface area contributed by atoms with E-state index in [-0.39, 0.29) is 17.5 Å². The third-order valence-corrected chi connectivity index (χ3v) is 4.81. The molecule has 2 aromatic rings. The molecule has 1 aromatic carbocycles. The molecule has 3 rings (SSSR count). The first kappa shape index (κ1) is 19.9. The molecule has 0 radical (unpaired) electrons. The quantitative estimate of drug-likeness (QED) is 0.801. The van der Waals surface area contributed by atoms with Crippen LogP contribution in [0.4, 0.5) is 10.1 Å². The summed E-state index contributed by atoms with van der Waals surface area (Å²) < 4.78 is 18.4. The van der Waals surface area contributed by atoms with Crippen LogP contribution in [0.25, 0.3) is 0 Å². The Kier molecular flexibility index (Phi) is 6.71. The maximum absolute atomic E-state index is 13.1. The van der Waals surface area contributed by atoms with Crippen LogP contribution in [0.2, 0.25) is 0 Å². The zero-order chi connectivity index (χ0) is 19.9. The fourth-order valence-electron chi connectivity index (χ4n) is 3.16. The van der Waals surface area contributed by atoms with Crippen molar-refractivity contribution in [3.05, 3.63) is 59.7 Å². The fraction of sp³-hybridized carbons (Fsp3) is 0.381. The van der Waals surface area contributed by atoms with Crippen LogP contribution in [0.3, 0.4) is 0 Å². The number of hydrogen-bond donors (Lipinski definition) is 2. The minimum absolute atomic E-state index is 0.0708. The minimum Gasteiger partial charge on any atom is -0.381 e. The average Bonchev–Trinajstić information content (AvgIpc) is 2.70. The summed E-state index contributed by atoms with van der Waals surface area (Å²) in [6.45, 7) is 3.28. The van der Waals surface area contributed by atoms with Gasteiger partial charge >= 0.3 is 0 Å². The first-order valence-electron chi connectivity index (χ1n) is 9.39. The van der Waals surface area contributed by atoms with Crippen LogP contribution in [-0.2, 0) is 9.53 Å². The van der Waals surface area contributed by atoms with Crippen molar-refractivity contribution < 1.29 is 18.7 Å². The highest BCUT2D eigenvalue weighted by molar-refractivity contribution is 6.00. The third kappa shape index (κ3) is 5.60. The van der Waals surface area contributed by atoms with E-state index in [0.717, 1.165) is 24.6 Å². The van der Waals surface area contributed by atoms with Gasteiger partial charge in [-0.3, -0.25) is 9.59 Å². The van der Waals surface area contributed by atoms with Crippen molar-refractivity contribution in [1.29, 1.82) is 0 Å². The van der Waals surface area contributed by atoms with E-state index >= 15 is 0 Å². The van der Waals surface area contributed by atoms with Gasteiger partial charge in [-0.15, -0.1) is 0 Å². The molecule has 1 aromatic heterocycles. The van der Waals surface area contributed by atoms with E-state index < -0.39 is 17.8 Å². The fourth-order valence-corrected chi connectivity index (χ4v) is 3.16. The number of halogens is 1. The van der Waals surface area contributed by atoms with E-state index in [9.17, 15) is 14.0 Å². The van der Waals surface area contributed by atoms with Crippen LogP contribution in [-0.4, -0.2) is 36.1 Å². The molecule has 0 unspecified atom stereocenters. The number of rotatable bonds is 6. The van der Waals surface area contributed by atoms with Gasteiger partial charge in [0.05, 0.1) is 6.20 Å². The Labute approximate surface area is 163 Å². The Morgan fingerprint density at radius 3 is 2.54 bits per heavy atom. The SMILES string of the molecule is Cc1ccc(NC(=O)[C@H](CC2CCOCC2)NC(=O)c2ccc(F)cn2)cc1. The number of nitrogens with one attached hydrogen (secondary N) is 2. The molecule has 148 valence electrons. The van der Waals surface area contributed by atoms with Crippen molar-refractivity contribution >= 4 is 17.5 Å². The van der Waals surface area contributed by atoms with Gasteiger partial charge in [0.25, 0.3) is 5.91 Å². The van der Waals surface area contributed by atoms with Crippen molar-refractivity contribution in [2.75, 3.05) is 18.5 Å².